The molecule has 0 bridgehead atoms. The molecule has 1 aromatic heterocycles. The first kappa shape index (κ1) is 23.8. The van der Waals surface area contributed by atoms with Crippen molar-refractivity contribution >= 4 is 11.9 Å². The van der Waals surface area contributed by atoms with Crippen LogP contribution < -0.4 is 5.32 Å². The number of aliphatic carboxylic acids is 2. The molecular formula is C16H21F5N2O5. The Balaban J connectivity index is 0.000000480. The molecule has 2 atom stereocenters. The Morgan fingerprint density at radius 3 is 2.21 bits per heavy atom. The zero-order valence-electron chi connectivity index (χ0n) is 15.1. The summed E-state index contributed by atoms with van der Waals surface area (Å²) >= 11 is 0. The van der Waals surface area contributed by atoms with Crippen molar-refractivity contribution in [1.82, 2.24) is 10.5 Å². The van der Waals surface area contributed by atoms with Gasteiger partial charge in [-0.25, -0.2) is 13.6 Å². The Morgan fingerprint density at radius 1 is 1.21 bits per heavy atom. The zero-order chi connectivity index (χ0) is 21.7. The molecule has 0 radical (unpaired) electrons. The second-order valence-electron chi connectivity index (χ2n) is 6.45. The van der Waals surface area contributed by atoms with Crippen LogP contribution >= 0.6 is 0 Å². The Hall–Kier alpha value is -2.24. The molecule has 1 heterocycles. The summed E-state index contributed by atoms with van der Waals surface area (Å²) in [6, 6.07) is -1.02. The molecule has 3 N–H and O–H groups in total. The minimum atomic E-state index is -5.08. The smallest absolute Gasteiger partial charge is 0.481 e. The molecule has 1 aromatic rings. The van der Waals surface area contributed by atoms with Crippen LogP contribution in [0.25, 0.3) is 0 Å². The number of alkyl halides is 5. The first-order valence-corrected chi connectivity index (χ1v) is 8.31. The highest BCUT2D eigenvalue weighted by molar-refractivity contribution is 5.73. The van der Waals surface area contributed by atoms with Gasteiger partial charge in [-0.05, 0) is 33.1 Å². The van der Waals surface area contributed by atoms with E-state index in [4.69, 9.17) is 19.5 Å². The molecule has 1 aliphatic rings. The fourth-order valence-electron chi connectivity index (χ4n) is 2.74. The highest BCUT2D eigenvalue weighted by Gasteiger charge is 2.43. The van der Waals surface area contributed by atoms with Gasteiger partial charge < -0.3 is 20.1 Å². The largest absolute Gasteiger partial charge is 0.490 e. The van der Waals surface area contributed by atoms with Crippen molar-refractivity contribution in [3.63, 3.8) is 0 Å². The normalized spacial score (nSPS) is 22.0. The van der Waals surface area contributed by atoms with Gasteiger partial charge >= 0.3 is 18.1 Å². The van der Waals surface area contributed by atoms with Crippen LogP contribution in [0.1, 0.15) is 42.7 Å². The van der Waals surface area contributed by atoms with Crippen LogP contribution in [0.5, 0.6) is 0 Å². The SMILES string of the molecule is Cc1noc(C)c1CN[C@@H]1CC[C@@H](C(=O)O)CCC1(F)F.O=C(O)C(F)(F)F. The van der Waals surface area contributed by atoms with E-state index in [0.717, 1.165) is 5.56 Å². The second-order valence-corrected chi connectivity index (χ2v) is 6.45. The summed E-state index contributed by atoms with van der Waals surface area (Å²) in [5.74, 6) is -6.71. The summed E-state index contributed by atoms with van der Waals surface area (Å²) in [5.41, 5.74) is 1.46. The van der Waals surface area contributed by atoms with Crippen LogP contribution in [0.3, 0.4) is 0 Å². The molecule has 0 aromatic carbocycles. The Kier molecular flexibility index (Phi) is 7.91. The quantitative estimate of drug-likeness (QED) is 0.510. The number of nitrogens with zero attached hydrogens (tertiary/aromatic N) is 1. The van der Waals surface area contributed by atoms with E-state index in [-0.39, 0.29) is 25.8 Å². The number of aromatic nitrogens is 1. The Bertz CT molecular complexity index is 670. The number of nitrogens with one attached hydrogen (secondary N) is 1. The van der Waals surface area contributed by atoms with Gasteiger partial charge in [-0.2, -0.15) is 13.2 Å². The monoisotopic (exact) mass is 416 g/mol. The van der Waals surface area contributed by atoms with Gasteiger partial charge in [-0.1, -0.05) is 5.16 Å². The molecule has 0 aliphatic heterocycles. The van der Waals surface area contributed by atoms with Crippen molar-refractivity contribution in [3.8, 4) is 0 Å². The predicted octanol–water partition coefficient (Wildman–Crippen LogP) is 3.29. The van der Waals surface area contributed by atoms with Gasteiger partial charge in [-0.15, -0.1) is 0 Å². The van der Waals surface area contributed by atoms with Crippen LogP contribution in [0.2, 0.25) is 0 Å². The molecule has 1 aliphatic carbocycles. The molecule has 7 nitrogen and oxygen atoms in total. The predicted molar refractivity (Wildman–Crippen MR) is 84.8 cm³/mol. The number of carboxylic acids is 2. The maximum Gasteiger partial charge on any atom is 0.490 e. The van der Waals surface area contributed by atoms with E-state index in [1.54, 1.807) is 13.8 Å². The molecule has 1 fully saturated rings. The van der Waals surface area contributed by atoms with Crippen molar-refractivity contribution in [1.29, 1.82) is 0 Å². The summed E-state index contributed by atoms with van der Waals surface area (Å²) in [7, 11) is 0. The first-order chi connectivity index (χ1) is 12.8. The van der Waals surface area contributed by atoms with Gasteiger partial charge in [-0.3, -0.25) is 4.79 Å². The van der Waals surface area contributed by atoms with Crippen molar-refractivity contribution < 1.29 is 46.3 Å². The topological polar surface area (TPSA) is 113 Å². The molecule has 0 unspecified atom stereocenters. The van der Waals surface area contributed by atoms with E-state index >= 15 is 0 Å². The summed E-state index contributed by atoms with van der Waals surface area (Å²) in [4.78, 5) is 19.9. The first-order valence-electron chi connectivity index (χ1n) is 8.31. The fraction of sp³-hybridized carbons (Fsp3) is 0.688. The number of carboxylic acid groups (broad SMARTS) is 2. The van der Waals surface area contributed by atoms with Gasteiger partial charge in [0, 0.05) is 18.5 Å². The lowest BCUT2D eigenvalue weighted by atomic mass is 10.0. The van der Waals surface area contributed by atoms with E-state index in [1.165, 1.54) is 0 Å². The van der Waals surface area contributed by atoms with Crippen LogP contribution in [0.4, 0.5) is 22.0 Å². The zero-order valence-corrected chi connectivity index (χ0v) is 15.1. The van der Waals surface area contributed by atoms with E-state index in [1.807, 2.05) is 0 Å². The molecule has 1 saturated carbocycles. The fourth-order valence-corrected chi connectivity index (χ4v) is 2.74. The molecule has 0 saturated heterocycles. The summed E-state index contributed by atoms with van der Waals surface area (Å²) < 4.78 is 64.9. The highest BCUT2D eigenvalue weighted by Crippen LogP contribution is 2.35. The van der Waals surface area contributed by atoms with E-state index < -0.39 is 42.4 Å². The van der Waals surface area contributed by atoms with E-state index in [2.05, 4.69) is 10.5 Å². The summed E-state index contributed by atoms with van der Waals surface area (Å²) in [6.45, 7) is 3.75. The maximum atomic E-state index is 14.1. The van der Waals surface area contributed by atoms with Crippen LogP contribution in [-0.4, -0.2) is 45.4 Å². The third-order valence-corrected chi connectivity index (χ3v) is 4.44. The van der Waals surface area contributed by atoms with Crippen molar-refractivity contribution in [2.24, 2.45) is 5.92 Å². The molecular weight excluding hydrogens is 395 g/mol. The van der Waals surface area contributed by atoms with Crippen molar-refractivity contribution in [3.05, 3.63) is 17.0 Å². The molecule has 0 spiro atoms. The minimum Gasteiger partial charge on any atom is -0.481 e. The van der Waals surface area contributed by atoms with Crippen molar-refractivity contribution in [2.45, 2.75) is 64.2 Å². The van der Waals surface area contributed by atoms with Gasteiger partial charge in [0.15, 0.2) is 0 Å². The average Bonchev–Trinajstić information content (AvgIpc) is 2.78. The highest BCUT2D eigenvalue weighted by atomic mass is 19.4. The maximum absolute atomic E-state index is 14.1. The third kappa shape index (κ3) is 6.73. The standard InChI is InChI=1S/C14H20F2N2O3.C2HF3O2/c1-8-11(9(2)21-18-8)7-17-12-4-3-10(13(19)20)5-6-14(12,15)16;3-2(4,5)1(6)7/h10,12,17H,3-7H2,1-2H3,(H,19,20);(H,6,7)/t10-,12-;/m1./s1. The third-order valence-electron chi connectivity index (χ3n) is 4.44. The number of halogens is 5. The van der Waals surface area contributed by atoms with Crippen LogP contribution in [0, 0.1) is 19.8 Å². The van der Waals surface area contributed by atoms with Crippen LogP contribution in [0.15, 0.2) is 4.52 Å². The van der Waals surface area contributed by atoms with Gasteiger partial charge in [0.25, 0.3) is 5.92 Å². The van der Waals surface area contributed by atoms with Crippen LogP contribution in [-0.2, 0) is 16.1 Å². The summed E-state index contributed by atoms with van der Waals surface area (Å²) in [5, 5.41) is 22.8. The number of aryl methyl sites for hydroxylation is 2. The lowest BCUT2D eigenvalue weighted by Gasteiger charge is -2.25. The molecule has 12 heteroatoms. The molecule has 28 heavy (non-hydrogen) atoms. The van der Waals surface area contributed by atoms with E-state index in [9.17, 15) is 26.7 Å². The Morgan fingerprint density at radius 2 is 1.79 bits per heavy atom. The minimum absolute atomic E-state index is 0.0197. The van der Waals surface area contributed by atoms with Gasteiger partial charge in [0.05, 0.1) is 17.7 Å². The van der Waals surface area contributed by atoms with Gasteiger partial charge in [0.1, 0.15) is 5.76 Å². The average molecular weight is 416 g/mol. The molecule has 0 amide bonds. The second kappa shape index (κ2) is 9.30. The number of carbonyl (C=O) groups is 2. The number of rotatable bonds is 4. The Labute approximate surface area is 156 Å². The number of hydrogen-bond acceptors (Lipinski definition) is 5. The summed E-state index contributed by atoms with van der Waals surface area (Å²) in [6.07, 6.45) is -5.05. The van der Waals surface area contributed by atoms with E-state index in [0.29, 0.717) is 11.5 Å². The van der Waals surface area contributed by atoms with Crippen molar-refractivity contribution in [2.75, 3.05) is 0 Å². The molecule has 160 valence electrons. The lowest BCUT2D eigenvalue weighted by Crippen LogP contribution is -2.43. The lowest BCUT2D eigenvalue weighted by molar-refractivity contribution is -0.192. The number of hydrogen-bond donors (Lipinski definition) is 3. The van der Waals surface area contributed by atoms with Gasteiger partial charge in [0.2, 0.25) is 0 Å². The molecule has 2 rings (SSSR count).